The smallest absolute Gasteiger partial charge is 0.303 e. The van der Waals surface area contributed by atoms with E-state index >= 15 is 0 Å². The zero-order chi connectivity index (χ0) is 15.0. The van der Waals surface area contributed by atoms with Gasteiger partial charge in [-0.3, -0.25) is 4.79 Å². The Morgan fingerprint density at radius 3 is 2.71 bits per heavy atom. The van der Waals surface area contributed by atoms with Gasteiger partial charge in [-0.1, -0.05) is 0 Å². The number of carboxylic acids is 1. The van der Waals surface area contributed by atoms with Crippen LogP contribution in [0.4, 0.5) is 10.2 Å². The lowest BCUT2D eigenvalue weighted by molar-refractivity contribution is -0.139. The number of hydrogen-bond donors (Lipinski definition) is 2. The van der Waals surface area contributed by atoms with Crippen LogP contribution in [0, 0.1) is 23.6 Å². The number of fused-ring (bicyclic) bond motifs is 3. The number of aromatic nitrogens is 2. The molecule has 3 aliphatic carbocycles. The molecule has 1 heterocycles. The quantitative estimate of drug-likeness (QED) is 0.836. The maximum atomic E-state index is 13.8. The third-order valence-electron chi connectivity index (χ3n) is 4.82. The van der Waals surface area contributed by atoms with E-state index in [4.69, 9.17) is 16.7 Å². The molecule has 114 valence electrons. The van der Waals surface area contributed by atoms with Crippen LogP contribution in [-0.4, -0.2) is 27.1 Å². The molecule has 21 heavy (non-hydrogen) atoms. The van der Waals surface area contributed by atoms with E-state index < -0.39 is 11.8 Å². The van der Waals surface area contributed by atoms with Gasteiger partial charge in [-0.15, -0.1) is 0 Å². The van der Waals surface area contributed by atoms with Gasteiger partial charge in [-0.05, 0) is 55.0 Å². The van der Waals surface area contributed by atoms with Gasteiger partial charge in [0.25, 0.3) is 0 Å². The molecule has 2 atom stereocenters. The maximum absolute atomic E-state index is 13.8. The lowest BCUT2D eigenvalue weighted by atomic mass is 9.61. The predicted molar refractivity (Wildman–Crippen MR) is 75.6 cm³/mol. The van der Waals surface area contributed by atoms with Crippen LogP contribution in [0.3, 0.4) is 0 Å². The van der Waals surface area contributed by atoms with Crippen molar-refractivity contribution in [2.24, 2.45) is 17.8 Å². The van der Waals surface area contributed by atoms with Crippen molar-refractivity contribution in [3.05, 3.63) is 17.3 Å². The minimum absolute atomic E-state index is 0.0168. The van der Waals surface area contributed by atoms with Crippen molar-refractivity contribution in [2.75, 3.05) is 5.32 Å². The van der Waals surface area contributed by atoms with E-state index in [1.165, 1.54) is 0 Å². The van der Waals surface area contributed by atoms with E-state index in [0.717, 1.165) is 31.9 Å². The molecule has 2 bridgehead atoms. The van der Waals surface area contributed by atoms with Gasteiger partial charge in [-0.2, -0.15) is 4.98 Å². The number of halogens is 2. The average Bonchev–Trinajstić information content (AvgIpc) is 2.46. The second kappa shape index (κ2) is 5.75. The molecule has 5 nitrogen and oxygen atoms in total. The van der Waals surface area contributed by atoms with E-state index in [-0.39, 0.29) is 29.5 Å². The van der Waals surface area contributed by atoms with Crippen LogP contribution in [0.25, 0.3) is 0 Å². The van der Waals surface area contributed by atoms with Crippen LogP contribution in [0.1, 0.15) is 32.1 Å². The van der Waals surface area contributed by atoms with Crippen molar-refractivity contribution < 1.29 is 14.3 Å². The van der Waals surface area contributed by atoms with Crippen molar-refractivity contribution in [3.8, 4) is 0 Å². The summed E-state index contributed by atoms with van der Waals surface area (Å²) in [5, 5.41) is 12.2. The van der Waals surface area contributed by atoms with Gasteiger partial charge < -0.3 is 10.4 Å². The molecule has 7 heteroatoms. The van der Waals surface area contributed by atoms with Crippen molar-refractivity contribution in [1.29, 1.82) is 0 Å². The van der Waals surface area contributed by atoms with Crippen molar-refractivity contribution in [3.63, 3.8) is 0 Å². The Kier molecular flexibility index (Phi) is 3.97. The Hall–Kier alpha value is -1.43. The highest BCUT2D eigenvalue weighted by atomic mass is 35.5. The van der Waals surface area contributed by atoms with Crippen LogP contribution in [-0.2, 0) is 4.79 Å². The van der Waals surface area contributed by atoms with Crippen LogP contribution in [0.15, 0.2) is 6.20 Å². The molecule has 0 spiro atoms. The molecule has 4 rings (SSSR count). The fourth-order valence-electron chi connectivity index (χ4n) is 3.90. The van der Waals surface area contributed by atoms with Crippen LogP contribution >= 0.6 is 11.6 Å². The fraction of sp³-hybridized carbons (Fsp3) is 0.643. The highest BCUT2D eigenvalue weighted by Crippen LogP contribution is 2.47. The third kappa shape index (κ3) is 2.95. The fourth-order valence-corrected chi connectivity index (χ4v) is 4.03. The topological polar surface area (TPSA) is 75.1 Å². The number of hydrogen-bond acceptors (Lipinski definition) is 4. The standard InChI is InChI=1S/C14H17ClFN3O2/c15-14-17-6-10(16)13(19-14)18-12-8-3-1-7(2-4-8)9(12)5-11(20)21/h6-9,12H,1-5H2,(H,20,21)(H,17,18,19)/t7?,8?,9-,12-/m0/s1. The van der Waals surface area contributed by atoms with E-state index in [9.17, 15) is 9.18 Å². The Balaban J connectivity index is 1.84. The summed E-state index contributed by atoms with van der Waals surface area (Å²) in [5.41, 5.74) is 0. The predicted octanol–water partition coefficient (Wildman–Crippen LogP) is 2.96. The van der Waals surface area contributed by atoms with Gasteiger partial charge in [0.1, 0.15) is 0 Å². The Bertz CT molecular complexity index is 549. The number of aliphatic carboxylic acids is 1. The number of carboxylic acid groups (broad SMARTS) is 1. The molecule has 3 aliphatic rings. The Labute approximate surface area is 126 Å². The highest BCUT2D eigenvalue weighted by Gasteiger charge is 2.44. The van der Waals surface area contributed by atoms with Gasteiger partial charge >= 0.3 is 5.97 Å². The molecule has 2 N–H and O–H groups in total. The second-order valence-electron chi connectivity index (χ2n) is 5.94. The minimum atomic E-state index is -0.805. The number of rotatable bonds is 4. The van der Waals surface area contributed by atoms with Crippen LogP contribution in [0.2, 0.25) is 5.28 Å². The molecule has 3 saturated carbocycles. The zero-order valence-corrected chi connectivity index (χ0v) is 12.2. The molecule has 0 unspecified atom stereocenters. The highest BCUT2D eigenvalue weighted by molar-refractivity contribution is 6.28. The van der Waals surface area contributed by atoms with Crippen molar-refractivity contribution in [1.82, 2.24) is 9.97 Å². The van der Waals surface area contributed by atoms with Crippen molar-refractivity contribution in [2.45, 2.75) is 38.1 Å². The number of nitrogens with zero attached hydrogens (tertiary/aromatic N) is 2. The maximum Gasteiger partial charge on any atom is 0.303 e. The summed E-state index contributed by atoms with van der Waals surface area (Å²) < 4.78 is 13.8. The van der Waals surface area contributed by atoms with E-state index in [1.807, 2.05) is 0 Å². The summed E-state index contributed by atoms with van der Waals surface area (Å²) in [6.07, 6.45) is 5.38. The molecule has 0 saturated heterocycles. The van der Waals surface area contributed by atoms with E-state index in [0.29, 0.717) is 11.8 Å². The molecule has 1 aromatic rings. The monoisotopic (exact) mass is 313 g/mol. The van der Waals surface area contributed by atoms with E-state index in [2.05, 4.69) is 15.3 Å². The first-order chi connectivity index (χ1) is 10.0. The third-order valence-corrected chi connectivity index (χ3v) is 5.00. The first-order valence-corrected chi connectivity index (χ1v) is 7.58. The molecule has 0 aromatic carbocycles. The summed E-state index contributed by atoms with van der Waals surface area (Å²) in [5.74, 6) is -0.516. The molecular formula is C14H17ClFN3O2. The Morgan fingerprint density at radius 1 is 1.38 bits per heavy atom. The summed E-state index contributed by atoms with van der Waals surface area (Å²) in [6, 6.07) is -0.0610. The van der Waals surface area contributed by atoms with Crippen LogP contribution < -0.4 is 5.32 Å². The summed E-state index contributed by atoms with van der Waals surface area (Å²) >= 11 is 5.71. The van der Waals surface area contributed by atoms with E-state index in [1.54, 1.807) is 0 Å². The lowest BCUT2D eigenvalue weighted by Gasteiger charge is -2.48. The van der Waals surface area contributed by atoms with Gasteiger partial charge in [-0.25, -0.2) is 9.37 Å². The van der Waals surface area contributed by atoms with Gasteiger partial charge in [0.2, 0.25) is 5.28 Å². The molecular weight excluding hydrogens is 297 g/mol. The van der Waals surface area contributed by atoms with Crippen LogP contribution in [0.5, 0.6) is 0 Å². The van der Waals surface area contributed by atoms with Gasteiger partial charge in [0, 0.05) is 6.04 Å². The first-order valence-electron chi connectivity index (χ1n) is 7.21. The number of nitrogens with one attached hydrogen (secondary N) is 1. The zero-order valence-electron chi connectivity index (χ0n) is 11.4. The molecule has 0 radical (unpaired) electrons. The molecule has 1 aromatic heterocycles. The number of anilines is 1. The minimum Gasteiger partial charge on any atom is -0.481 e. The largest absolute Gasteiger partial charge is 0.481 e. The SMILES string of the molecule is O=C(O)C[C@H]1C2CCC(CC2)[C@@H]1Nc1nc(Cl)ncc1F. The summed E-state index contributed by atoms with van der Waals surface area (Å²) in [6.45, 7) is 0. The second-order valence-corrected chi connectivity index (χ2v) is 6.28. The van der Waals surface area contributed by atoms with Gasteiger partial charge in [0.05, 0.1) is 12.6 Å². The summed E-state index contributed by atoms with van der Waals surface area (Å²) in [7, 11) is 0. The Morgan fingerprint density at radius 2 is 2.05 bits per heavy atom. The average molecular weight is 314 g/mol. The molecule has 0 aliphatic heterocycles. The number of carbonyl (C=O) groups is 1. The van der Waals surface area contributed by atoms with Crippen molar-refractivity contribution >= 4 is 23.4 Å². The van der Waals surface area contributed by atoms with Gasteiger partial charge in [0.15, 0.2) is 11.6 Å². The first kappa shape index (κ1) is 14.5. The lowest BCUT2D eigenvalue weighted by Crippen LogP contribution is -2.49. The molecule has 3 fully saturated rings. The normalized spacial score (nSPS) is 31.1. The molecule has 0 amide bonds. The summed E-state index contributed by atoms with van der Waals surface area (Å²) in [4.78, 5) is 18.6.